The number of rotatable bonds is 6. The van der Waals surface area contributed by atoms with Crippen LogP contribution in [0.2, 0.25) is 5.02 Å². The number of nitrogen functional groups attached to an aromatic ring is 1. The zero-order valence-corrected chi connectivity index (χ0v) is 16.0. The Labute approximate surface area is 163 Å². The number of piperidine rings is 1. The largest absolute Gasteiger partial charge is 0.493 e. The van der Waals surface area contributed by atoms with Gasteiger partial charge in [-0.05, 0) is 50.1 Å². The monoisotopic (exact) mass is 395 g/mol. The Morgan fingerprint density at radius 1 is 1.22 bits per heavy atom. The van der Waals surface area contributed by atoms with Crippen LogP contribution in [0, 0.1) is 17.6 Å². The molecule has 1 aliphatic heterocycles. The molecule has 0 aromatic heterocycles. The smallest absolute Gasteiger partial charge is 0.150 e. The quantitative estimate of drug-likeness (QED) is 0.719. The number of nitrogens with one attached hydrogen (secondary N) is 1. The third-order valence-corrected chi connectivity index (χ3v) is 5.13. The molecule has 1 heterocycles. The maximum Gasteiger partial charge on any atom is 0.150 e. The summed E-state index contributed by atoms with van der Waals surface area (Å²) in [4.78, 5) is 1.74. The lowest BCUT2D eigenvalue weighted by molar-refractivity contribution is 0.220. The Morgan fingerprint density at radius 3 is 2.52 bits per heavy atom. The van der Waals surface area contributed by atoms with E-state index in [1.807, 2.05) is 25.2 Å². The first-order chi connectivity index (χ1) is 13.0. The van der Waals surface area contributed by atoms with Crippen molar-refractivity contribution in [1.82, 2.24) is 5.32 Å². The van der Waals surface area contributed by atoms with Gasteiger partial charge in [0, 0.05) is 35.9 Å². The summed E-state index contributed by atoms with van der Waals surface area (Å²) in [6.45, 7) is 2.34. The fourth-order valence-corrected chi connectivity index (χ4v) is 3.64. The molecular weight excluding hydrogens is 372 g/mol. The minimum atomic E-state index is -0.619. The van der Waals surface area contributed by atoms with Crippen molar-refractivity contribution in [2.24, 2.45) is 5.92 Å². The second-order valence-corrected chi connectivity index (χ2v) is 7.25. The molecule has 0 spiro atoms. The highest BCUT2D eigenvalue weighted by molar-refractivity contribution is 6.30. The molecule has 4 nitrogen and oxygen atoms in total. The van der Waals surface area contributed by atoms with Gasteiger partial charge in [0.25, 0.3) is 0 Å². The van der Waals surface area contributed by atoms with Gasteiger partial charge in [-0.25, -0.2) is 8.78 Å². The summed E-state index contributed by atoms with van der Waals surface area (Å²) in [6, 6.07) is 7.94. The minimum Gasteiger partial charge on any atom is -0.493 e. The van der Waals surface area contributed by atoms with Crippen LogP contribution in [-0.4, -0.2) is 26.7 Å². The van der Waals surface area contributed by atoms with Gasteiger partial charge in [-0.1, -0.05) is 17.7 Å². The fraction of sp³-hybridized carbons (Fsp3) is 0.400. The Bertz CT molecular complexity index is 772. The van der Waals surface area contributed by atoms with Crippen molar-refractivity contribution >= 4 is 23.0 Å². The van der Waals surface area contributed by atoms with Crippen molar-refractivity contribution in [2.45, 2.75) is 19.4 Å². The van der Waals surface area contributed by atoms with Crippen molar-refractivity contribution in [2.75, 3.05) is 37.4 Å². The molecule has 3 rings (SSSR count). The topological polar surface area (TPSA) is 50.5 Å². The van der Waals surface area contributed by atoms with E-state index in [-0.39, 0.29) is 10.7 Å². The molecule has 1 aliphatic rings. The van der Waals surface area contributed by atoms with E-state index in [4.69, 9.17) is 22.1 Å². The third-order valence-electron chi connectivity index (χ3n) is 4.91. The van der Waals surface area contributed by atoms with Gasteiger partial charge in [0.05, 0.1) is 6.61 Å². The number of halogens is 3. The summed E-state index contributed by atoms with van der Waals surface area (Å²) < 4.78 is 34.2. The first-order valence-electron chi connectivity index (χ1n) is 9.04. The van der Waals surface area contributed by atoms with Gasteiger partial charge in [0.15, 0.2) is 11.6 Å². The third kappa shape index (κ3) is 4.62. The summed E-state index contributed by atoms with van der Waals surface area (Å²) >= 11 is 5.70. The van der Waals surface area contributed by atoms with Crippen molar-refractivity contribution in [1.29, 1.82) is 0 Å². The Balaban J connectivity index is 1.59. The summed E-state index contributed by atoms with van der Waals surface area (Å²) in [6.07, 6.45) is 1.59. The summed E-state index contributed by atoms with van der Waals surface area (Å²) in [5.74, 6) is -0.137. The highest BCUT2D eigenvalue weighted by atomic mass is 35.5. The van der Waals surface area contributed by atoms with Gasteiger partial charge in [-0.3, -0.25) is 0 Å². The standard InChI is InChI=1S/C20H24ClF2N3O/c1-25-11-15-18(24)3-2-4-19(15)27-12-13-5-7-26(8-6-13)20-16(22)9-14(21)10-17(20)23/h2-4,9-10,13,25H,5-8,11-12,24H2,1H3. The maximum absolute atomic E-state index is 14.1. The first-order valence-corrected chi connectivity index (χ1v) is 9.41. The van der Waals surface area contributed by atoms with Crippen molar-refractivity contribution in [3.63, 3.8) is 0 Å². The molecule has 3 N–H and O–H groups in total. The van der Waals surface area contributed by atoms with Crippen LogP contribution >= 0.6 is 11.6 Å². The molecule has 2 aromatic rings. The van der Waals surface area contributed by atoms with E-state index >= 15 is 0 Å². The van der Waals surface area contributed by atoms with Crippen LogP contribution in [0.3, 0.4) is 0 Å². The Morgan fingerprint density at radius 2 is 1.89 bits per heavy atom. The zero-order valence-electron chi connectivity index (χ0n) is 15.3. The predicted molar refractivity (Wildman–Crippen MR) is 105 cm³/mol. The number of ether oxygens (including phenoxy) is 1. The van der Waals surface area contributed by atoms with Gasteiger partial charge in [0.2, 0.25) is 0 Å². The summed E-state index contributed by atoms with van der Waals surface area (Å²) in [7, 11) is 1.86. The van der Waals surface area contributed by atoms with E-state index in [9.17, 15) is 8.78 Å². The first kappa shape index (κ1) is 19.7. The SMILES string of the molecule is CNCc1c(N)cccc1OCC1CCN(c2c(F)cc(Cl)cc2F)CC1. The van der Waals surface area contributed by atoms with E-state index in [0.717, 1.165) is 36.3 Å². The molecule has 1 saturated heterocycles. The molecule has 0 saturated carbocycles. The normalized spacial score (nSPS) is 15.2. The second-order valence-electron chi connectivity index (χ2n) is 6.81. The molecule has 27 heavy (non-hydrogen) atoms. The molecule has 2 aromatic carbocycles. The van der Waals surface area contributed by atoms with E-state index in [2.05, 4.69) is 5.32 Å². The average Bonchev–Trinajstić information content (AvgIpc) is 2.62. The minimum absolute atomic E-state index is 0.00547. The maximum atomic E-state index is 14.1. The lowest BCUT2D eigenvalue weighted by Crippen LogP contribution is -2.36. The average molecular weight is 396 g/mol. The highest BCUT2D eigenvalue weighted by Gasteiger charge is 2.25. The number of anilines is 2. The number of benzene rings is 2. The van der Waals surface area contributed by atoms with Gasteiger partial charge >= 0.3 is 0 Å². The lowest BCUT2D eigenvalue weighted by Gasteiger charge is -2.34. The lowest BCUT2D eigenvalue weighted by atomic mass is 9.97. The van der Waals surface area contributed by atoms with Crippen LogP contribution in [0.5, 0.6) is 5.75 Å². The van der Waals surface area contributed by atoms with Crippen LogP contribution in [0.15, 0.2) is 30.3 Å². The van der Waals surface area contributed by atoms with Crippen LogP contribution in [0.4, 0.5) is 20.2 Å². The van der Waals surface area contributed by atoms with Crippen LogP contribution in [-0.2, 0) is 6.54 Å². The molecule has 0 aliphatic carbocycles. The molecule has 0 radical (unpaired) electrons. The number of nitrogens with two attached hydrogens (primary N) is 1. The van der Waals surface area contributed by atoms with Crippen molar-refractivity contribution in [3.8, 4) is 5.75 Å². The van der Waals surface area contributed by atoms with Crippen molar-refractivity contribution < 1.29 is 13.5 Å². The molecule has 0 amide bonds. The Kier molecular flexibility index (Phi) is 6.39. The number of nitrogens with zero attached hydrogens (tertiary/aromatic N) is 1. The molecule has 1 fully saturated rings. The van der Waals surface area contributed by atoms with Crippen LogP contribution in [0.1, 0.15) is 18.4 Å². The summed E-state index contributed by atoms with van der Waals surface area (Å²) in [5, 5.41) is 3.16. The number of hydrogen-bond donors (Lipinski definition) is 2. The molecule has 0 atom stereocenters. The van der Waals surface area contributed by atoms with Crippen LogP contribution in [0.25, 0.3) is 0 Å². The van der Waals surface area contributed by atoms with E-state index in [1.54, 1.807) is 4.90 Å². The zero-order chi connectivity index (χ0) is 19.4. The van der Waals surface area contributed by atoms with Gasteiger partial charge < -0.3 is 20.7 Å². The van der Waals surface area contributed by atoms with Crippen molar-refractivity contribution in [3.05, 3.63) is 52.6 Å². The molecule has 7 heteroatoms. The second kappa shape index (κ2) is 8.76. The molecule has 146 valence electrons. The van der Waals surface area contributed by atoms with Gasteiger partial charge in [-0.2, -0.15) is 0 Å². The van der Waals surface area contributed by atoms with E-state index < -0.39 is 11.6 Å². The van der Waals surface area contributed by atoms with Crippen LogP contribution < -0.4 is 20.7 Å². The molecule has 0 bridgehead atoms. The molecular formula is C20H24ClF2N3O. The number of hydrogen-bond acceptors (Lipinski definition) is 4. The van der Waals surface area contributed by atoms with E-state index in [0.29, 0.717) is 37.8 Å². The highest BCUT2D eigenvalue weighted by Crippen LogP contribution is 2.31. The van der Waals surface area contributed by atoms with Gasteiger partial charge in [-0.15, -0.1) is 0 Å². The summed E-state index contributed by atoms with van der Waals surface area (Å²) in [5.41, 5.74) is 7.68. The fourth-order valence-electron chi connectivity index (χ4n) is 3.45. The Hall–Kier alpha value is -2.05. The predicted octanol–water partition coefficient (Wildman–Crippen LogP) is 4.22. The molecule has 0 unspecified atom stereocenters. The van der Waals surface area contributed by atoms with Gasteiger partial charge in [0.1, 0.15) is 11.4 Å². The van der Waals surface area contributed by atoms with E-state index in [1.165, 1.54) is 0 Å².